The number of hydrogen-bond acceptors (Lipinski definition) is 5. The molecular weight excluding hydrogens is 439 g/mol. The zero-order chi connectivity index (χ0) is 22.6. The van der Waals surface area contributed by atoms with E-state index in [0.29, 0.717) is 53.3 Å². The van der Waals surface area contributed by atoms with Gasteiger partial charge in [0.25, 0.3) is 5.91 Å². The molecule has 8 heteroatoms. The summed E-state index contributed by atoms with van der Waals surface area (Å²) in [5.74, 6) is 0.349. The van der Waals surface area contributed by atoms with Crippen molar-refractivity contribution in [2.24, 2.45) is 0 Å². The summed E-state index contributed by atoms with van der Waals surface area (Å²) in [6.45, 7) is 3.45. The van der Waals surface area contributed by atoms with Gasteiger partial charge in [0.15, 0.2) is 11.5 Å². The molecule has 0 heterocycles. The first kappa shape index (κ1) is 24.5. The van der Waals surface area contributed by atoms with Crippen LogP contribution in [0.5, 0.6) is 11.5 Å². The molecule has 0 aliphatic rings. The molecule has 0 bridgehead atoms. The zero-order valence-electron chi connectivity index (χ0n) is 17.4. The third-order valence-corrected chi connectivity index (χ3v) is 4.65. The Balaban J connectivity index is 2.20. The smallest absolute Gasteiger partial charge is 0.261 e. The lowest BCUT2D eigenvalue weighted by Crippen LogP contribution is -2.26. The average Bonchev–Trinajstić information content (AvgIpc) is 2.75. The summed E-state index contributed by atoms with van der Waals surface area (Å²) in [6.07, 6.45) is 2.12. The fourth-order valence-electron chi connectivity index (χ4n) is 2.64. The summed E-state index contributed by atoms with van der Waals surface area (Å²) in [7, 11) is 1.59. The molecule has 6 nitrogen and oxygen atoms in total. The second-order valence-electron chi connectivity index (χ2n) is 6.45. The summed E-state index contributed by atoms with van der Waals surface area (Å²) in [5, 5.41) is 13.0. The van der Waals surface area contributed by atoms with E-state index in [2.05, 4.69) is 5.32 Å². The predicted octanol–water partition coefficient (Wildman–Crippen LogP) is 5.03. The number of methoxy groups -OCH3 is 1. The number of hydrogen-bond donors (Lipinski definition) is 1. The summed E-state index contributed by atoms with van der Waals surface area (Å²) in [5.41, 5.74) is 1.44. The van der Waals surface area contributed by atoms with Gasteiger partial charge in [-0.2, -0.15) is 5.26 Å². The average molecular weight is 463 g/mol. The van der Waals surface area contributed by atoms with E-state index in [1.54, 1.807) is 31.4 Å². The van der Waals surface area contributed by atoms with Gasteiger partial charge < -0.3 is 19.5 Å². The van der Waals surface area contributed by atoms with Gasteiger partial charge in [-0.15, -0.1) is 0 Å². The van der Waals surface area contributed by atoms with Crippen molar-refractivity contribution in [3.05, 3.63) is 63.1 Å². The minimum atomic E-state index is -0.462. The van der Waals surface area contributed by atoms with E-state index >= 15 is 0 Å². The van der Waals surface area contributed by atoms with Crippen molar-refractivity contribution in [3.63, 3.8) is 0 Å². The molecule has 1 N–H and O–H groups in total. The second-order valence-corrected chi connectivity index (χ2v) is 7.29. The summed E-state index contributed by atoms with van der Waals surface area (Å²) in [4.78, 5) is 12.2. The van der Waals surface area contributed by atoms with Crippen LogP contribution >= 0.6 is 23.2 Å². The van der Waals surface area contributed by atoms with Crippen LogP contribution in [0.25, 0.3) is 6.08 Å². The Kier molecular flexibility index (Phi) is 10.2. The van der Waals surface area contributed by atoms with E-state index in [4.69, 9.17) is 37.4 Å². The van der Waals surface area contributed by atoms with Crippen LogP contribution in [0.1, 0.15) is 24.5 Å². The Bertz CT molecular complexity index is 953. The van der Waals surface area contributed by atoms with Crippen molar-refractivity contribution in [3.8, 4) is 17.6 Å². The normalized spacial score (nSPS) is 11.0. The van der Waals surface area contributed by atoms with Crippen LogP contribution in [0.4, 0.5) is 0 Å². The van der Waals surface area contributed by atoms with Crippen LogP contribution in [0.15, 0.2) is 42.0 Å². The molecule has 0 saturated heterocycles. The second kappa shape index (κ2) is 12.9. The number of carbonyl (C=O) groups excluding carboxylic acids is 1. The Hall–Kier alpha value is -2.72. The number of rotatable bonds is 11. The van der Waals surface area contributed by atoms with E-state index in [9.17, 15) is 10.1 Å². The van der Waals surface area contributed by atoms with Crippen molar-refractivity contribution in [1.29, 1.82) is 5.26 Å². The molecular formula is C23H24Cl2N2O4. The van der Waals surface area contributed by atoms with E-state index in [0.717, 1.165) is 5.56 Å². The lowest BCUT2D eigenvalue weighted by atomic mass is 10.1. The van der Waals surface area contributed by atoms with Crippen LogP contribution in [-0.4, -0.2) is 32.8 Å². The highest BCUT2D eigenvalue weighted by Gasteiger charge is 2.14. The maximum absolute atomic E-state index is 12.2. The standard InChI is InChI=1S/C23H24Cl2N2O4/c1-3-30-21-13-17(11-18(14-26)23(28)27-9-4-10-29-2)12-20(25)22(21)31-15-16-5-7-19(24)8-6-16/h5-8,11-13H,3-4,9-10,15H2,1-2H3,(H,27,28)/b18-11+. The van der Waals surface area contributed by atoms with Gasteiger partial charge in [-0.1, -0.05) is 35.3 Å². The molecule has 0 spiro atoms. The molecule has 0 aliphatic carbocycles. The molecule has 0 aromatic heterocycles. The van der Waals surface area contributed by atoms with E-state index < -0.39 is 5.91 Å². The number of halogens is 2. The molecule has 164 valence electrons. The third-order valence-electron chi connectivity index (χ3n) is 4.12. The molecule has 2 rings (SSSR count). The van der Waals surface area contributed by atoms with Gasteiger partial charge >= 0.3 is 0 Å². The maximum Gasteiger partial charge on any atom is 0.261 e. The van der Waals surface area contributed by atoms with Crippen LogP contribution in [0.2, 0.25) is 10.0 Å². The van der Waals surface area contributed by atoms with Crippen molar-refractivity contribution >= 4 is 35.2 Å². The Labute approximate surface area is 192 Å². The fraction of sp³-hybridized carbons (Fsp3) is 0.304. The Morgan fingerprint density at radius 3 is 2.58 bits per heavy atom. The van der Waals surface area contributed by atoms with E-state index in [1.807, 2.05) is 25.1 Å². The molecule has 1 amide bonds. The number of nitriles is 1. The van der Waals surface area contributed by atoms with Crippen LogP contribution < -0.4 is 14.8 Å². The summed E-state index contributed by atoms with van der Waals surface area (Å²) >= 11 is 12.3. The highest BCUT2D eigenvalue weighted by molar-refractivity contribution is 6.32. The number of nitrogens with zero attached hydrogens (tertiary/aromatic N) is 1. The van der Waals surface area contributed by atoms with Crippen LogP contribution in [0.3, 0.4) is 0 Å². The van der Waals surface area contributed by atoms with E-state index in [1.165, 1.54) is 6.08 Å². The number of nitrogens with one attached hydrogen (secondary N) is 1. The first-order valence-corrected chi connectivity index (χ1v) is 10.5. The van der Waals surface area contributed by atoms with Gasteiger partial charge in [0.2, 0.25) is 0 Å². The molecule has 0 fully saturated rings. The summed E-state index contributed by atoms with van der Waals surface area (Å²) < 4.78 is 16.5. The zero-order valence-corrected chi connectivity index (χ0v) is 18.9. The molecule has 0 radical (unpaired) electrons. The van der Waals surface area contributed by atoms with Crippen molar-refractivity contribution in [2.45, 2.75) is 20.0 Å². The highest BCUT2D eigenvalue weighted by Crippen LogP contribution is 2.38. The lowest BCUT2D eigenvalue weighted by molar-refractivity contribution is -0.117. The van der Waals surface area contributed by atoms with Gasteiger partial charge in [0.1, 0.15) is 18.2 Å². The maximum atomic E-state index is 12.2. The van der Waals surface area contributed by atoms with Crippen molar-refractivity contribution in [2.75, 3.05) is 26.9 Å². The number of carbonyl (C=O) groups is 1. The molecule has 0 saturated carbocycles. The SMILES string of the molecule is CCOc1cc(/C=C(\C#N)C(=O)NCCCOC)cc(Cl)c1OCc1ccc(Cl)cc1. The molecule has 2 aromatic carbocycles. The largest absolute Gasteiger partial charge is 0.490 e. The first-order valence-electron chi connectivity index (χ1n) is 9.71. The number of benzene rings is 2. The number of ether oxygens (including phenoxy) is 3. The minimum absolute atomic E-state index is 0.0363. The monoisotopic (exact) mass is 462 g/mol. The van der Waals surface area contributed by atoms with Crippen molar-refractivity contribution < 1.29 is 19.0 Å². The van der Waals surface area contributed by atoms with Gasteiger partial charge in [-0.25, -0.2) is 0 Å². The Morgan fingerprint density at radius 2 is 1.94 bits per heavy atom. The van der Waals surface area contributed by atoms with Crippen LogP contribution in [-0.2, 0) is 16.1 Å². The quantitative estimate of drug-likeness (QED) is 0.287. The predicted molar refractivity (Wildman–Crippen MR) is 121 cm³/mol. The van der Waals surface area contributed by atoms with Crippen molar-refractivity contribution in [1.82, 2.24) is 5.32 Å². The molecule has 0 aliphatic heterocycles. The van der Waals surface area contributed by atoms with Gasteiger partial charge in [-0.3, -0.25) is 4.79 Å². The fourth-order valence-corrected chi connectivity index (χ4v) is 3.04. The highest BCUT2D eigenvalue weighted by atomic mass is 35.5. The van der Waals surface area contributed by atoms with Gasteiger partial charge in [0, 0.05) is 25.3 Å². The topological polar surface area (TPSA) is 80.6 Å². The first-order chi connectivity index (χ1) is 15.0. The van der Waals surface area contributed by atoms with Gasteiger partial charge in [0.05, 0.1) is 11.6 Å². The summed E-state index contributed by atoms with van der Waals surface area (Å²) in [6, 6.07) is 12.5. The lowest BCUT2D eigenvalue weighted by Gasteiger charge is -2.15. The molecule has 2 aromatic rings. The van der Waals surface area contributed by atoms with E-state index in [-0.39, 0.29) is 12.2 Å². The number of amides is 1. The third kappa shape index (κ3) is 7.80. The van der Waals surface area contributed by atoms with Crippen LogP contribution in [0, 0.1) is 11.3 Å². The molecule has 0 atom stereocenters. The molecule has 31 heavy (non-hydrogen) atoms. The minimum Gasteiger partial charge on any atom is -0.490 e. The van der Waals surface area contributed by atoms with Gasteiger partial charge in [-0.05, 0) is 54.8 Å². The molecule has 0 unspecified atom stereocenters. The Morgan fingerprint density at radius 1 is 1.19 bits per heavy atom.